The smallest absolute Gasteiger partial charge is 0.250 e. The number of hydrogen-bond acceptors (Lipinski definition) is 4. The molecule has 3 nitrogen and oxygen atoms in total. The molecule has 0 fully saturated rings. The minimum atomic E-state index is -1.87. The third-order valence-electron chi connectivity index (χ3n) is 3.91. The van der Waals surface area contributed by atoms with Crippen molar-refractivity contribution in [2.75, 3.05) is 5.75 Å². The average molecular weight is 326 g/mol. The molecule has 0 aromatic heterocycles. The number of thioether (sulfide) groups is 1. The molecule has 0 aliphatic carbocycles. The molecule has 0 bridgehead atoms. The van der Waals surface area contributed by atoms with Crippen LogP contribution in [0.25, 0.3) is 0 Å². The summed E-state index contributed by atoms with van der Waals surface area (Å²) in [5.41, 5.74) is 1.08. The molecule has 1 N–H and O–H groups in total. The Morgan fingerprint density at radius 2 is 1.90 bits per heavy atom. The maximum Gasteiger partial charge on any atom is 0.250 e. The number of nitrogens with zero attached hydrogens (tertiary/aromatic N) is 1. The zero-order chi connectivity index (χ0) is 16.1. The standard InChI is InChI=1S/C16H27NO2SSi/c1-7-20-15(17-18)12-13-10-8-9-11-14(13)19-21(5,6)16(2,3)4/h8-11,18H,7,12H2,1-6H3/b17-15-. The third-order valence-corrected chi connectivity index (χ3v) is 9.10. The molecule has 0 saturated heterocycles. The van der Waals surface area contributed by atoms with Crippen LogP contribution in [0.2, 0.25) is 18.1 Å². The maximum atomic E-state index is 9.11. The number of rotatable bonds is 5. The van der Waals surface area contributed by atoms with Gasteiger partial charge in [-0.15, -0.1) is 11.8 Å². The first-order chi connectivity index (χ1) is 9.71. The van der Waals surface area contributed by atoms with Gasteiger partial charge in [0.1, 0.15) is 10.8 Å². The van der Waals surface area contributed by atoms with Crippen LogP contribution < -0.4 is 4.43 Å². The lowest BCUT2D eigenvalue weighted by molar-refractivity contribution is 0.320. The largest absolute Gasteiger partial charge is 0.543 e. The highest BCUT2D eigenvalue weighted by molar-refractivity contribution is 8.13. The zero-order valence-electron chi connectivity index (χ0n) is 13.9. The summed E-state index contributed by atoms with van der Waals surface area (Å²) in [6.07, 6.45) is 0.611. The van der Waals surface area contributed by atoms with Crippen LogP contribution in [-0.4, -0.2) is 24.3 Å². The Labute approximate surface area is 133 Å². The third kappa shape index (κ3) is 5.07. The topological polar surface area (TPSA) is 41.8 Å². The molecule has 21 heavy (non-hydrogen) atoms. The van der Waals surface area contributed by atoms with Gasteiger partial charge < -0.3 is 9.63 Å². The SMILES string of the molecule is CCS/C(Cc1ccccc1O[Si](C)(C)C(C)(C)C)=N\O. The Morgan fingerprint density at radius 3 is 2.43 bits per heavy atom. The van der Waals surface area contributed by atoms with Crippen molar-refractivity contribution in [3.05, 3.63) is 29.8 Å². The predicted molar refractivity (Wildman–Crippen MR) is 95.3 cm³/mol. The van der Waals surface area contributed by atoms with Gasteiger partial charge in [0.25, 0.3) is 0 Å². The summed E-state index contributed by atoms with van der Waals surface area (Å²) >= 11 is 1.56. The molecule has 0 heterocycles. The van der Waals surface area contributed by atoms with Crippen molar-refractivity contribution in [1.82, 2.24) is 0 Å². The van der Waals surface area contributed by atoms with Crippen molar-refractivity contribution in [3.63, 3.8) is 0 Å². The van der Waals surface area contributed by atoms with Crippen molar-refractivity contribution in [1.29, 1.82) is 0 Å². The molecule has 0 unspecified atom stereocenters. The second-order valence-electron chi connectivity index (χ2n) is 6.57. The Kier molecular flexibility index (Phi) is 6.35. The Morgan fingerprint density at radius 1 is 1.29 bits per heavy atom. The number of benzene rings is 1. The first kappa shape index (κ1) is 18.1. The molecule has 0 saturated carbocycles. The van der Waals surface area contributed by atoms with Crippen molar-refractivity contribution in [2.45, 2.75) is 52.2 Å². The summed E-state index contributed by atoms with van der Waals surface area (Å²) in [5, 5.41) is 13.4. The molecule has 0 radical (unpaired) electrons. The number of para-hydroxylation sites is 1. The minimum absolute atomic E-state index is 0.159. The van der Waals surface area contributed by atoms with Gasteiger partial charge in [-0.05, 0) is 35.5 Å². The van der Waals surface area contributed by atoms with E-state index in [-0.39, 0.29) is 5.04 Å². The minimum Gasteiger partial charge on any atom is -0.543 e. The van der Waals surface area contributed by atoms with E-state index in [0.29, 0.717) is 6.42 Å². The van der Waals surface area contributed by atoms with Gasteiger partial charge in [-0.1, -0.05) is 51.0 Å². The second-order valence-corrected chi connectivity index (χ2v) is 12.6. The molecule has 0 aliphatic heterocycles. The molecule has 1 rings (SSSR count). The van der Waals surface area contributed by atoms with E-state index < -0.39 is 8.32 Å². The molecular weight excluding hydrogens is 298 g/mol. The van der Waals surface area contributed by atoms with E-state index in [9.17, 15) is 0 Å². The lowest BCUT2D eigenvalue weighted by atomic mass is 10.1. The molecular formula is C16H27NO2SSi. The van der Waals surface area contributed by atoms with Crippen LogP contribution in [0.15, 0.2) is 29.4 Å². The maximum absolute atomic E-state index is 9.11. The molecule has 0 atom stereocenters. The van der Waals surface area contributed by atoms with Crippen molar-refractivity contribution >= 4 is 25.1 Å². The van der Waals surface area contributed by atoms with E-state index in [1.54, 1.807) is 11.8 Å². The summed E-state index contributed by atoms with van der Waals surface area (Å²) in [7, 11) is -1.87. The fraction of sp³-hybridized carbons (Fsp3) is 0.562. The molecule has 0 spiro atoms. The van der Waals surface area contributed by atoms with Gasteiger partial charge in [-0.3, -0.25) is 0 Å². The fourth-order valence-corrected chi connectivity index (χ4v) is 3.33. The van der Waals surface area contributed by atoms with Crippen molar-refractivity contribution in [3.8, 4) is 5.75 Å². The normalized spacial score (nSPS) is 13.3. The highest BCUT2D eigenvalue weighted by Crippen LogP contribution is 2.38. The van der Waals surface area contributed by atoms with E-state index in [1.165, 1.54) is 0 Å². The van der Waals surface area contributed by atoms with E-state index in [4.69, 9.17) is 9.63 Å². The summed E-state index contributed by atoms with van der Waals surface area (Å²) in [6.45, 7) is 13.2. The second kappa shape index (κ2) is 7.36. The first-order valence-corrected chi connectivity index (χ1v) is 11.2. The summed E-state index contributed by atoms with van der Waals surface area (Å²) in [5.74, 6) is 1.81. The van der Waals surface area contributed by atoms with Gasteiger partial charge in [0.05, 0.1) is 0 Å². The lowest BCUT2D eigenvalue weighted by Crippen LogP contribution is -2.44. The quantitative estimate of drug-likeness (QED) is 0.267. The van der Waals surface area contributed by atoms with Crippen LogP contribution in [0.4, 0.5) is 0 Å². The van der Waals surface area contributed by atoms with Crippen LogP contribution in [0.1, 0.15) is 33.3 Å². The van der Waals surface area contributed by atoms with Gasteiger partial charge in [0.15, 0.2) is 0 Å². The van der Waals surface area contributed by atoms with Gasteiger partial charge in [-0.25, -0.2) is 0 Å². The van der Waals surface area contributed by atoms with Crippen molar-refractivity contribution < 1.29 is 9.63 Å². The van der Waals surface area contributed by atoms with Crippen LogP contribution in [0.5, 0.6) is 5.75 Å². The van der Waals surface area contributed by atoms with E-state index in [1.807, 2.05) is 31.2 Å². The molecule has 5 heteroatoms. The molecule has 118 valence electrons. The summed E-state index contributed by atoms with van der Waals surface area (Å²) in [4.78, 5) is 0. The van der Waals surface area contributed by atoms with Gasteiger partial charge in [0, 0.05) is 6.42 Å². The predicted octanol–water partition coefficient (Wildman–Crippen LogP) is 5.15. The zero-order valence-corrected chi connectivity index (χ0v) is 15.8. The van der Waals surface area contributed by atoms with Gasteiger partial charge in [0.2, 0.25) is 8.32 Å². The Balaban J connectivity index is 3.00. The number of oxime groups is 1. The Bertz CT molecular complexity index is 495. The van der Waals surface area contributed by atoms with Crippen molar-refractivity contribution in [2.24, 2.45) is 5.16 Å². The number of hydrogen-bond donors (Lipinski definition) is 1. The highest BCUT2D eigenvalue weighted by Gasteiger charge is 2.39. The van der Waals surface area contributed by atoms with Gasteiger partial charge >= 0.3 is 0 Å². The van der Waals surface area contributed by atoms with E-state index in [2.05, 4.69) is 39.0 Å². The molecule has 1 aromatic carbocycles. The average Bonchev–Trinajstić information content (AvgIpc) is 2.38. The summed E-state index contributed by atoms with van der Waals surface area (Å²) < 4.78 is 6.41. The van der Waals surface area contributed by atoms with E-state index in [0.717, 1.165) is 22.1 Å². The van der Waals surface area contributed by atoms with Crippen LogP contribution in [0.3, 0.4) is 0 Å². The first-order valence-electron chi connectivity index (χ1n) is 7.32. The van der Waals surface area contributed by atoms with Crippen LogP contribution >= 0.6 is 11.8 Å². The van der Waals surface area contributed by atoms with Crippen LogP contribution in [-0.2, 0) is 6.42 Å². The molecule has 0 amide bonds. The monoisotopic (exact) mass is 325 g/mol. The molecule has 1 aromatic rings. The Hall–Kier alpha value is -0.943. The molecule has 0 aliphatic rings. The van der Waals surface area contributed by atoms with E-state index >= 15 is 0 Å². The highest BCUT2D eigenvalue weighted by atomic mass is 32.2. The van der Waals surface area contributed by atoms with Crippen LogP contribution in [0, 0.1) is 0 Å². The lowest BCUT2D eigenvalue weighted by Gasteiger charge is -2.37. The summed E-state index contributed by atoms with van der Waals surface area (Å²) in [6, 6.07) is 8.06. The van der Waals surface area contributed by atoms with Gasteiger partial charge in [-0.2, -0.15) is 0 Å². The fourth-order valence-electron chi connectivity index (χ4n) is 1.62.